The van der Waals surface area contributed by atoms with Crippen LogP contribution in [0.3, 0.4) is 0 Å². The molecule has 0 saturated heterocycles. The molecule has 0 atom stereocenters. The van der Waals surface area contributed by atoms with E-state index in [2.05, 4.69) is 15.6 Å². The summed E-state index contributed by atoms with van der Waals surface area (Å²) in [6.45, 7) is 3.88. The Morgan fingerprint density at radius 3 is 2.16 bits per heavy atom. The molecule has 2 aromatic carbocycles. The first kappa shape index (κ1) is 28.0. The summed E-state index contributed by atoms with van der Waals surface area (Å²) < 4.78 is 36.2. The van der Waals surface area contributed by atoms with Crippen molar-refractivity contribution in [3.8, 4) is 11.5 Å². The number of sulfonamides is 1. The smallest absolute Gasteiger partial charge is 0.242 e. The van der Waals surface area contributed by atoms with E-state index >= 15 is 0 Å². The molecular weight excluding hydrogens is 543 g/mol. The minimum absolute atomic E-state index is 0. The molecule has 0 amide bonds. The van der Waals surface area contributed by atoms with Crippen LogP contribution in [-0.4, -0.2) is 60.1 Å². The molecule has 0 radical (unpaired) electrons. The summed E-state index contributed by atoms with van der Waals surface area (Å²) in [6.07, 6.45) is 0.794. The zero-order valence-electron chi connectivity index (χ0n) is 19.2. The van der Waals surface area contributed by atoms with E-state index in [9.17, 15) is 8.42 Å². The zero-order valence-corrected chi connectivity index (χ0v) is 22.4. The Hall–Kier alpha value is -2.05. The van der Waals surface area contributed by atoms with Gasteiger partial charge in [-0.2, -0.15) is 0 Å². The van der Waals surface area contributed by atoms with Crippen LogP contribution >= 0.6 is 24.0 Å². The Balaban J connectivity index is 0.00000512. The van der Waals surface area contributed by atoms with Crippen LogP contribution < -0.4 is 20.1 Å². The number of nitrogens with one attached hydrogen (secondary N) is 2. The molecule has 0 heterocycles. The molecule has 2 aromatic rings. The fourth-order valence-electron chi connectivity index (χ4n) is 2.85. The number of hydrogen-bond acceptors (Lipinski definition) is 5. The van der Waals surface area contributed by atoms with Crippen molar-refractivity contribution in [1.82, 2.24) is 14.9 Å². The van der Waals surface area contributed by atoms with Crippen LogP contribution in [-0.2, 0) is 23.0 Å². The maximum atomic E-state index is 12.2. The van der Waals surface area contributed by atoms with Gasteiger partial charge >= 0.3 is 0 Å². The summed E-state index contributed by atoms with van der Waals surface area (Å²) in [5.74, 6) is 2.12. The van der Waals surface area contributed by atoms with Gasteiger partial charge in [-0.1, -0.05) is 18.2 Å². The molecule has 0 aliphatic heterocycles. The van der Waals surface area contributed by atoms with Gasteiger partial charge in [-0.3, -0.25) is 0 Å². The molecule has 32 heavy (non-hydrogen) atoms. The number of halogens is 1. The van der Waals surface area contributed by atoms with Crippen LogP contribution in [0, 0.1) is 0 Å². The van der Waals surface area contributed by atoms with Crippen molar-refractivity contribution in [3.63, 3.8) is 0 Å². The van der Waals surface area contributed by atoms with Crippen molar-refractivity contribution in [1.29, 1.82) is 0 Å². The Morgan fingerprint density at radius 2 is 1.59 bits per heavy atom. The summed E-state index contributed by atoms with van der Waals surface area (Å²) in [6, 6.07) is 12.7. The average Bonchev–Trinajstić information content (AvgIpc) is 2.77. The van der Waals surface area contributed by atoms with Crippen LogP contribution in [0.2, 0.25) is 0 Å². The molecule has 2 rings (SSSR count). The number of methoxy groups -OCH3 is 2. The summed E-state index contributed by atoms with van der Waals surface area (Å²) in [4.78, 5) is 4.86. The first-order chi connectivity index (χ1) is 14.8. The largest absolute Gasteiger partial charge is 0.493 e. The molecule has 178 valence electrons. The lowest BCUT2D eigenvalue weighted by Gasteiger charge is -2.13. The Kier molecular flexibility index (Phi) is 11.8. The van der Waals surface area contributed by atoms with E-state index < -0.39 is 10.0 Å². The van der Waals surface area contributed by atoms with E-state index in [0.29, 0.717) is 30.5 Å². The van der Waals surface area contributed by atoms with Gasteiger partial charge in [-0.15, -0.1) is 24.0 Å². The number of guanidine groups is 1. The van der Waals surface area contributed by atoms with Gasteiger partial charge < -0.3 is 20.1 Å². The van der Waals surface area contributed by atoms with E-state index in [4.69, 9.17) is 9.47 Å². The topological polar surface area (TPSA) is 92.3 Å². The molecular formula is C22H33IN4O4S. The highest BCUT2D eigenvalue weighted by Gasteiger charge is 2.16. The molecule has 0 fully saturated rings. The fourth-order valence-corrected chi connectivity index (χ4v) is 3.75. The van der Waals surface area contributed by atoms with E-state index in [-0.39, 0.29) is 28.9 Å². The number of rotatable bonds is 10. The Morgan fingerprint density at radius 1 is 0.969 bits per heavy atom. The highest BCUT2D eigenvalue weighted by atomic mass is 127. The highest BCUT2D eigenvalue weighted by Crippen LogP contribution is 2.27. The van der Waals surface area contributed by atoms with Crippen molar-refractivity contribution in [2.45, 2.75) is 24.8 Å². The number of hydrogen-bond donors (Lipinski definition) is 2. The lowest BCUT2D eigenvalue weighted by Crippen LogP contribution is -2.38. The van der Waals surface area contributed by atoms with Crippen molar-refractivity contribution in [2.75, 3.05) is 41.4 Å². The second-order valence-corrected chi connectivity index (χ2v) is 9.14. The van der Waals surface area contributed by atoms with Gasteiger partial charge in [-0.25, -0.2) is 17.7 Å². The molecule has 0 aromatic heterocycles. The first-order valence-electron chi connectivity index (χ1n) is 10.1. The van der Waals surface area contributed by atoms with Crippen LogP contribution in [0.5, 0.6) is 11.5 Å². The molecule has 8 nitrogen and oxygen atoms in total. The third-order valence-electron chi connectivity index (χ3n) is 4.62. The highest BCUT2D eigenvalue weighted by molar-refractivity contribution is 14.0. The molecule has 0 bridgehead atoms. The molecule has 0 aliphatic carbocycles. The zero-order chi connectivity index (χ0) is 22.9. The third-order valence-corrected chi connectivity index (χ3v) is 6.45. The molecule has 10 heteroatoms. The molecule has 0 unspecified atom stereocenters. The standard InChI is InChI=1S/C22H32N4O4S.HI/c1-6-23-22(24-14-13-17-9-12-20(29-4)21(15-17)30-5)25-16-18-7-10-19(11-8-18)31(27,28)26(2)3;/h7-12,15H,6,13-14,16H2,1-5H3,(H2,23,24,25);1H. The van der Waals surface area contributed by atoms with E-state index in [1.54, 1.807) is 38.5 Å². The normalized spacial score (nSPS) is 11.6. The second-order valence-electron chi connectivity index (χ2n) is 6.99. The molecule has 0 aliphatic rings. The summed E-state index contributed by atoms with van der Waals surface area (Å²) >= 11 is 0. The van der Waals surface area contributed by atoms with Crippen molar-refractivity contribution < 1.29 is 17.9 Å². The van der Waals surface area contributed by atoms with Gasteiger partial charge in [0, 0.05) is 27.2 Å². The van der Waals surface area contributed by atoms with Gasteiger partial charge in [0.15, 0.2) is 17.5 Å². The quantitative estimate of drug-likeness (QED) is 0.257. The maximum Gasteiger partial charge on any atom is 0.242 e. The average molecular weight is 577 g/mol. The molecule has 2 N–H and O–H groups in total. The molecule has 0 saturated carbocycles. The van der Waals surface area contributed by atoms with Crippen molar-refractivity contribution in [3.05, 3.63) is 53.6 Å². The van der Waals surface area contributed by atoms with Crippen molar-refractivity contribution in [2.24, 2.45) is 4.99 Å². The van der Waals surface area contributed by atoms with Gasteiger partial charge in [0.1, 0.15) is 0 Å². The number of aliphatic imine (C=N–C) groups is 1. The van der Waals surface area contributed by atoms with Crippen LogP contribution in [0.4, 0.5) is 0 Å². The number of nitrogens with zero attached hydrogens (tertiary/aromatic N) is 2. The van der Waals surface area contributed by atoms with Crippen LogP contribution in [0.15, 0.2) is 52.4 Å². The van der Waals surface area contributed by atoms with Gasteiger partial charge in [-0.05, 0) is 48.7 Å². The van der Waals surface area contributed by atoms with E-state index in [0.717, 1.165) is 24.1 Å². The number of benzene rings is 2. The van der Waals surface area contributed by atoms with Crippen LogP contribution in [0.25, 0.3) is 0 Å². The lowest BCUT2D eigenvalue weighted by atomic mass is 10.1. The predicted octanol–water partition coefficient (Wildman–Crippen LogP) is 2.87. The first-order valence-corrected chi connectivity index (χ1v) is 11.5. The van der Waals surface area contributed by atoms with E-state index in [1.165, 1.54) is 18.4 Å². The minimum Gasteiger partial charge on any atom is -0.493 e. The summed E-state index contributed by atoms with van der Waals surface area (Å²) in [5, 5.41) is 6.54. The molecule has 0 spiro atoms. The van der Waals surface area contributed by atoms with E-state index in [1.807, 2.05) is 25.1 Å². The Bertz CT molecular complexity index is 980. The van der Waals surface area contributed by atoms with Crippen LogP contribution in [0.1, 0.15) is 18.1 Å². The maximum absolute atomic E-state index is 12.2. The SMILES string of the molecule is CCNC(=NCc1ccc(S(=O)(=O)N(C)C)cc1)NCCc1ccc(OC)c(OC)c1.I. The second kappa shape index (κ2) is 13.5. The third kappa shape index (κ3) is 7.82. The minimum atomic E-state index is -3.43. The summed E-state index contributed by atoms with van der Waals surface area (Å²) in [5.41, 5.74) is 2.05. The van der Waals surface area contributed by atoms with Gasteiger partial charge in [0.25, 0.3) is 0 Å². The monoisotopic (exact) mass is 576 g/mol. The summed E-state index contributed by atoms with van der Waals surface area (Å²) in [7, 11) is 2.85. The lowest BCUT2D eigenvalue weighted by molar-refractivity contribution is 0.354. The van der Waals surface area contributed by atoms with Crippen molar-refractivity contribution >= 4 is 40.0 Å². The predicted molar refractivity (Wildman–Crippen MR) is 139 cm³/mol. The van der Waals surface area contributed by atoms with Gasteiger partial charge in [0.05, 0.1) is 25.7 Å². The fraction of sp³-hybridized carbons (Fsp3) is 0.409. The Labute approximate surface area is 208 Å². The number of ether oxygens (including phenoxy) is 2. The van der Waals surface area contributed by atoms with Gasteiger partial charge in [0.2, 0.25) is 10.0 Å².